The number of hydrogen-bond acceptors (Lipinski definition) is 3. The van der Waals surface area contributed by atoms with E-state index < -0.39 is 0 Å². The van der Waals surface area contributed by atoms with Crippen molar-refractivity contribution in [2.45, 2.75) is 6.92 Å². The summed E-state index contributed by atoms with van der Waals surface area (Å²) in [7, 11) is 1.54. The van der Waals surface area contributed by atoms with Crippen molar-refractivity contribution in [2.24, 2.45) is 0 Å². The van der Waals surface area contributed by atoms with Gasteiger partial charge in [-0.2, -0.15) is 0 Å². The lowest BCUT2D eigenvalue weighted by Gasteiger charge is -2.08. The van der Waals surface area contributed by atoms with E-state index in [1.807, 2.05) is 13.0 Å². The first-order chi connectivity index (χ1) is 5.75. The normalized spacial score (nSPS) is 9.83. The molecule has 0 spiro atoms. The second-order valence-corrected chi connectivity index (χ2v) is 2.47. The number of para-hydroxylation sites is 1. The summed E-state index contributed by atoms with van der Waals surface area (Å²) >= 11 is 0. The smallest absolute Gasteiger partial charge is 0.188 e. The van der Waals surface area contributed by atoms with E-state index in [1.165, 1.54) is 7.11 Å². The molecule has 0 aromatic heterocycles. The molecule has 0 aliphatic carbocycles. The quantitative estimate of drug-likeness (QED) is 0.698. The van der Waals surface area contributed by atoms with E-state index in [9.17, 15) is 5.11 Å². The lowest BCUT2D eigenvalue weighted by atomic mass is 10.2. The number of phenolic OH excluding ortho intramolecular Hbond substituents is 1. The van der Waals surface area contributed by atoms with Gasteiger partial charge in [-0.3, -0.25) is 0 Å². The molecular weight excluding hydrogens is 156 g/mol. The Bertz CT molecular complexity index is 238. The Hall–Kier alpha value is -1.22. The van der Waals surface area contributed by atoms with Crippen molar-refractivity contribution in [2.75, 3.05) is 13.9 Å². The fourth-order valence-electron chi connectivity index (χ4n) is 0.943. The average molecular weight is 168 g/mol. The Morgan fingerprint density at radius 1 is 1.42 bits per heavy atom. The highest BCUT2D eigenvalue weighted by Crippen LogP contribution is 2.28. The van der Waals surface area contributed by atoms with Crippen LogP contribution >= 0.6 is 0 Å². The van der Waals surface area contributed by atoms with E-state index in [1.54, 1.807) is 12.1 Å². The van der Waals surface area contributed by atoms with Crippen LogP contribution in [0.25, 0.3) is 0 Å². The van der Waals surface area contributed by atoms with Crippen molar-refractivity contribution in [3.8, 4) is 11.5 Å². The van der Waals surface area contributed by atoms with Crippen molar-refractivity contribution in [3.05, 3.63) is 23.8 Å². The molecule has 1 N–H and O–H groups in total. The second kappa shape index (κ2) is 3.97. The third-order valence-corrected chi connectivity index (χ3v) is 1.51. The number of ether oxygens (including phenoxy) is 2. The van der Waals surface area contributed by atoms with Gasteiger partial charge in [0.15, 0.2) is 18.3 Å². The molecule has 1 aromatic rings. The number of benzene rings is 1. The topological polar surface area (TPSA) is 38.7 Å². The molecule has 0 unspecified atom stereocenters. The Morgan fingerprint density at radius 2 is 2.17 bits per heavy atom. The predicted molar refractivity (Wildman–Crippen MR) is 45.3 cm³/mol. The minimum Gasteiger partial charge on any atom is -0.504 e. The molecule has 3 heteroatoms. The van der Waals surface area contributed by atoms with Gasteiger partial charge >= 0.3 is 0 Å². The van der Waals surface area contributed by atoms with Crippen LogP contribution in [0.5, 0.6) is 11.5 Å². The molecule has 1 rings (SSSR count). The fraction of sp³-hybridized carbons (Fsp3) is 0.333. The first-order valence-corrected chi connectivity index (χ1v) is 3.66. The standard InChI is InChI=1S/C9H12O3/c1-7-4-3-5-8(10)9(7)12-6-11-2/h3-5,10H,6H2,1-2H3. The van der Waals surface area contributed by atoms with E-state index in [-0.39, 0.29) is 12.5 Å². The van der Waals surface area contributed by atoms with Gasteiger partial charge in [0, 0.05) is 7.11 Å². The Morgan fingerprint density at radius 3 is 2.75 bits per heavy atom. The van der Waals surface area contributed by atoms with E-state index in [0.29, 0.717) is 5.75 Å². The van der Waals surface area contributed by atoms with Crippen LogP contribution in [0.15, 0.2) is 18.2 Å². The maximum absolute atomic E-state index is 9.34. The fourth-order valence-corrected chi connectivity index (χ4v) is 0.943. The Kier molecular flexibility index (Phi) is 2.94. The van der Waals surface area contributed by atoms with Gasteiger partial charge in [0.25, 0.3) is 0 Å². The third-order valence-electron chi connectivity index (χ3n) is 1.51. The molecule has 0 saturated carbocycles. The molecule has 0 aliphatic rings. The maximum Gasteiger partial charge on any atom is 0.188 e. The van der Waals surface area contributed by atoms with Crippen LogP contribution in [-0.4, -0.2) is 19.0 Å². The lowest BCUT2D eigenvalue weighted by molar-refractivity contribution is 0.0487. The summed E-state index contributed by atoms with van der Waals surface area (Å²) in [6, 6.07) is 5.22. The van der Waals surface area contributed by atoms with Gasteiger partial charge in [0.2, 0.25) is 0 Å². The third kappa shape index (κ3) is 1.89. The van der Waals surface area contributed by atoms with Crippen LogP contribution in [0, 0.1) is 6.92 Å². The van der Waals surface area contributed by atoms with Gasteiger partial charge in [0.1, 0.15) is 0 Å². The first-order valence-electron chi connectivity index (χ1n) is 3.66. The zero-order chi connectivity index (χ0) is 8.97. The summed E-state index contributed by atoms with van der Waals surface area (Å²) in [5, 5.41) is 9.34. The van der Waals surface area contributed by atoms with Gasteiger partial charge < -0.3 is 14.6 Å². The van der Waals surface area contributed by atoms with Crippen molar-refractivity contribution in [1.82, 2.24) is 0 Å². The van der Waals surface area contributed by atoms with Crippen LogP contribution in [0.2, 0.25) is 0 Å². The minimum atomic E-state index is 0.145. The van der Waals surface area contributed by atoms with Crippen LogP contribution in [0.1, 0.15) is 5.56 Å². The van der Waals surface area contributed by atoms with Crippen molar-refractivity contribution in [3.63, 3.8) is 0 Å². The van der Waals surface area contributed by atoms with Gasteiger partial charge in [-0.05, 0) is 18.6 Å². The van der Waals surface area contributed by atoms with Gasteiger partial charge in [-0.25, -0.2) is 0 Å². The number of aryl methyl sites for hydroxylation is 1. The molecule has 0 amide bonds. The average Bonchev–Trinajstić information content (AvgIpc) is 2.04. The molecule has 0 saturated heterocycles. The molecular formula is C9H12O3. The monoisotopic (exact) mass is 168 g/mol. The van der Waals surface area contributed by atoms with Gasteiger partial charge in [0.05, 0.1) is 0 Å². The molecule has 1 aromatic carbocycles. The van der Waals surface area contributed by atoms with E-state index in [4.69, 9.17) is 9.47 Å². The van der Waals surface area contributed by atoms with Crippen LogP contribution < -0.4 is 4.74 Å². The molecule has 0 heterocycles. The molecule has 0 bridgehead atoms. The van der Waals surface area contributed by atoms with Crippen molar-refractivity contribution >= 4 is 0 Å². The molecule has 12 heavy (non-hydrogen) atoms. The Labute approximate surface area is 71.5 Å². The van der Waals surface area contributed by atoms with Crippen LogP contribution in [0.4, 0.5) is 0 Å². The highest BCUT2D eigenvalue weighted by molar-refractivity contribution is 5.44. The van der Waals surface area contributed by atoms with Crippen molar-refractivity contribution in [1.29, 1.82) is 0 Å². The second-order valence-electron chi connectivity index (χ2n) is 2.47. The van der Waals surface area contributed by atoms with Crippen LogP contribution in [0.3, 0.4) is 0 Å². The number of methoxy groups -OCH3 is 1. The number of phenols is 1. The molecule has 0 aliphatic heterocycles. The molecule has 3 nitrogen and oxygen atoms in total. The first kappa shape index (κ1) is 8.87. The van der Waals surface area contributed by atoms with Gasteiger partial charge in [-0.1, -0.05) is 12.1 Å². The highest BCUT2D eigenvalue weighted by Gasteiger charge is 2.03. The summed E-state index contributed by atoms with van der Waals surface area (Å²) in [4.78, 5) is 0. The molecule has 0 radical (unpaired) electrons. The summed E-state index contributed by atoms with van der Waals surface area (Å²) in [5.74, 6) is 0.631. The lowest BCUT2D eigenvalue weighted by Crippen LogP contribution is -2.00. The Balaban J connectivity index is 2.81. The predicted octanol–water partition coefficient (Wildman–Crippen LogP) is 1.68. The summed E-state index contributed by atoms with van der Waals surface area (Å²) in [6.45, 7) is 2.02. The van der Waals surface area contributed by atoms with E-state index in [2.05, 4.69) is 0 Å². The van der Waals surface area contributed by atoms with Crippen molar-refractivity contribution < 1.29 is 14.6 Å². The highest BCUT2D eigenvalue weighted by atomic mass is 16.7. The van der Waals surface area contributed by atoms with E-state index in [0.717, 1.165) is 5.56 Å². The molecule has 0 fully saturated rings. The zero-order valence-electron chi connectivity index (χ0n) is 7.20. The van der Waals surface area contributed by atoms with E-state index >= 15 is 0 Å². The number of rotatable bonds is 3. The van der Waals surface area contributed by atoms with Gasteiger partial charge in [-0.15, -0.1) is 0 Å². The van der Waals surface area contributed by atoms with Crippen LogP contribution in [-0.2, 0) is 4.74 Å². The molecule has 66 valence electrons. The minimum absolute atomic E-state index is 0.145. The number of aromatic hydroxyl groups is 1. The maximum atomic E-state index is 9.34. The summed E-state index contributed by atoms with van der Waals surface area (Å²) < 4.78 is 9.87. The summed E-state index contributed by atoms with van der Waals surface area (Å²) in [5.41, 5.74) is 0.895. The largest absolute Gasteiger partial charge is 0.504 e. The zero-order valence-corrected chi connectivity index (χ0v) is 7.20. The summed E-state index contributed by atoms with van der Waals surface area (Å²) in [6.07, 6.45) is 0. The SMILES string of the molecule is COCOc1c(C)cccc1O. The molecule has 0 atom stereocenters. The number of hydrogen-bond donors (Lipinski definition) is 1.